The molecule has 34 heavy (non-hydrogen) atoms. The summed E-state index contributed by atoms with van der Waals surface area (Å²) in [5.74, 6) is 0.124. The Labute approximate surface area is 199 Å². The first kappa shape index (κ1) is 25.3. The Morgan fingerprint density at radius 2 is 1.82 bits per heavy atom. The first-order valence-electron chi connectivity index (χ1n) is 11.8. The van der Waals surface area contributed by atoms with Crippen molar-refractivity contribution in [3.8, 4) is 22.6 Å². The van der Waals surface area contributed by atoms with Gasteiger partial charge in [0.2, 0.25) is 5.91 Å². The maximum atomic E-state index is 15.2. The van der Waals surface area contributed by atoms with Crippen LogP contribution < -0.4 is 20.6 Å². The lowest BCUT2D eigenvalue weighted by molar-refractivity contribution is -0.118. The molecule has 2 aromatic carbocycles. The van der Waals surface area contributed by atoms with E-state index in [9.17, 15) is 9.59 Å². The van der Waals surface area contributed by atoms with E-state index in [1.54, 1.807) is 43.6 Å². The van der Waals surface area contributed by atoms with Crippen LogP contribution in [0.4, 0.5) is 4.39 Å². The number of aromatic nitrogens is 1. The summed E-state index contributed by atoms with van der Waals surface area (Å²) in [6, 6.07) is 9.79. The van der Waals surface area contributed by atoms with Gasteiger partial charge in [-0.2, -0.15) is 0 Å². The van der Waals surface area contributed by atoms with Crippen LogP contribution in [0.3, 0.4) is 0 Å². The lowest BCUT2D eigenvalue weighted by atomic mass is 9.99. The van der Waals surface area contributed by atoms with Gasteiger partial charge in [-0.25, -0.2) is 4.39 Å². The number of benzene rings is 2. The number of unbranched alkanes of at least 4 members (excludes halogenated alkanes) is 1. The summed E-state index contributed by atoms with van der Waals surface area (Å²) >= 11 is 0. The summed E-state index contributed by atoms with van der Waals surface area (Å²) in [7, 11) is 1.57. The molecule has 3 rings (SSSR count). The number of hydrogen-bond donors (Lipinski definition) is 1. The zero-order chi connectivity index (χ0) is 24.7. The molecule has 0 aliphatic rings. The van der Waals surface area contributed by atoms with E-state index in [1.807, 2.05) is 11.5 Å². The molecule has 0 saturated carbocycles. The summed E-state index contributed by atoms with van der Waals surface area (Å²) in [6.07, 6.45) is 5.85. The van der Waals surface area contributed by atoms with Gasteiger partial charge in [-0.3, -0.25) is 9.59 Å². The number of primary amides is 1. The van der Waals surface area contributed by atoms with Gasteiger partial charge in [-0.1, -0.05) is 38.8 Å². The molecular weight excluding hydrogens is 435 g/mol. The fourth-order valence-electron chi connectivity index (χ4n) is 4.18. The third-order valence-corrected chi connectivity index (χ3v) is 5.96. The average molecular weight is 469 g/mol. The van der Waals surface area contributed by atoms with Gasteiger partial charge < -0.3 is 19.8 Å². The molecule has 0 radical (unpaired) electrons. The largest absolute Gasteiger partial charge is 0.497 e. The molecule has 2 N–H and O–H groups in total. The Balaban J connectivity index is 2.32. The molecule has 6 nitrogen and oxygen atoms in total. The van der Waals surface area contributed by atoms with Crippen molar-refractivity contribution in [1.29, 1.82) is 0 Å². The number of hydrogen-bond acceptors (Lipinski definition) is 4. The molecule has 1 amide bonds. The van der Waals surface area contributed by atoms with Crippen molar-refractivity contribution in [3.05, 3.63) is 58.6 Å². The van der Waals surface area contributed by atoms with Gasteiger partial charge in [0.1, 0.15) is 17.3 Å². The van der Waals surface area contributed by atoms with Crippen LogP contribution in [0.1, 0.15) is 58.4 Å². The van der Waals surface area contributed by atoms with Crippen molar-refractivity contribution in [1.82, 2.24) is 4.57 Å². The highest BCUT2D eigenvalue weighted by atomic mass is 19.1. The van der Waals surface area contributed by atoms with Crippen LogP contribution in [0.2, 0.25) is 0 Å². The van der Waals surface area contributed by atoms with Crippen molar-refractivity contribution in [2.24, 2.45) is 5.73 Å². The molecule has 0 aliphatic heterocycles. The number of carbonyl (C=O) groups excluding carboxylic acids is 1. The minimum atomic E-state index is -0.600. The molecule has 0 bridgehead atoms. The molecule has 182 valence electrons. The summed E-state index contributed by atoms with van der Waals surface area (Å²) in [5.41, 5.74) is 6.51. The highest BCUT2D eigenvalue weighted by Gasteiger charge is 2.22. The molecule has 1 aromatic heterocycles. The number of nitrogens with zero attached hydrogens (tertiary/aromatic N) is 1. The second-order valence-corrected chi connectivity index (χ2v) is 8.43. The standard InChI is InChI=1S/C27H33FN2O4/c1-4-6-7-19(10-15-24(29)31)30-17-21(18-8-11-20(33-3)12-9-18)27(32)25-22(28)13-14-23(26(25)30)34-16-5-2/h8-9,11-14,17,19H,4-7,10,15-16H2,1-3H3,(H2,29,31). The molecular formula is C27H33FN2O4. The molecule has 0 fully saturated rings. The molecule has 3 aromatic rings. The van der Waals surface area contributed by atoms with Crippen molar-refractivity contribution in [3.63, 3.8) is 0 Å². The Kier molecular flexibility index (Phi) is 8.68. The summed E-state index contributed by atoms with van der Waals surface area (Å²) in [6.45, 7) is 4.51. The van der Waals surface area contributed by atoms with Gasteiger partial charge >= 0.3 is 0 Å². The predicted molar refractivity (Wildman–Crippen MR) is 133 cm³/mol. The summed E-state index contributed by atoms with van der Waals surface area (Å²) in [5, 5.41) is -0.0116. The van der Waals surface area contributed by atoms with Crippen molar-refractivity contribution in [2.75, 3.05) is 13.7 Å². The van der Waals surface area contributed by atoms with Crippen LogP contribution >= 0.6 is 0 Å². The van der Waals surface area contributed by atoms with Crippen LogP contribution in [0, 0.1) is 5.82 Å². The van der Waals surface area contributed by atoms with Crippen molar-refractivity contribution < 1.29 is 18.7 Å². The number of fused-ring (bicyclic) bond motifs is 1. The molecule has 1 unspecified atom stereocenters. The third kappa shape index (κ3) is 5.58. The van der Waals surface area contributed by atoms with Gasteiger partial charge in [0.25, 0.3) is 0 Å². The maximum Gasteiger partial charge on any atom is 0.217 e. The second kappa shape index (κ2) is 11.7. The van der Waals surface area contributed by atoms with Gasteiger partial charge in [-0.05, 0) is 49.1 Å². The monoisotopic (exact) mass is 468 g/mol. The van der Waals surface area contributed by atoms with E-state index < -0.39 is 17.2 Å². The first-order valence-corrected chi connectivity index (χ1v) is 11.8. The first-order chi connectivity index (χ1) is 16.4. The molecule has 7 heteroatoms. The molecule has 1 atom stereocenters. The number of rotatable bonds is 12. The summed E-state index contributed by atoms with van der Waals surface area (Å²) < 4.78 is 28.3. The molecule has 0 aliphatic carbocycles. The number of nitrogens with two attached hydrogens (primary N) is 1. The zero-order valence-corrected chi connectivity index (χ0v) is 20.1. The average Bonchev–Trinajstić information content (AvgIpc) is 2.84. The smallest absolute Gasteiger partial charge is 0.217 e. The summed E-state index contributed by atoms with van der Waals surface area (Å²) in [4.78, 5) is 25.2. The number of ether oxygens (including phenoxy) is 2. The predicted octanol–water partition coefficient (Wildman–Crippen LogP) is 5.60. The fraction of sp³-hybridized carbons (Fsp3) is 0.407. The Morgan fingerprint density at radius 1 is 1.09 bits per heavy atom. The van der Waals surface area contributed by atoms with Crippen LogP contribution in [-0.4, -0.2) is 24.2 Å². The van der Waals surface area contributed by atoms with E-state index in [0.717, 1.165) is 25.7 Å². The zero-order valence-electron chi connectivity index (χ0n) is 20.1. The molecule has 1 heterocycles. The highest BCUT2D eigenvalue weighted by Crippen LogP contribution is 2.34. The number of pyridine rings is 1. The lowest BCUT2D eigenvalue weighted by Gasteiger charge is -2.25. The van der Waals surface area contributed by atoms with Crippen molar-refractivity contribution in [2.45, 2.75) is 58.4 Å². The lowest BCUT2D eigenvalue weighted by Crippen LogP contribution is -2.20. The van der Waals surface area contributed by atoms with Crippen LogP contribution in [0.15, 0.2) is 47.4 Å². The molecule has 0 saturated heterocycles. The van der Waals surface area contributed by atoms with E-state index in [4.69, 9.17) is 15.2 Å². The van der Waals surface area contributed by atoms with Gasteiger partial charge in [0, 0.05) is 24.2 Å². The van der Waals surface area contributed by atoms with E-state index in [2.05, 4.69) is 6.92 Å². The van der Waals surface area contributed by atoms with Crippen LogP contribution in [-0.2, 0) is 4.79 Å². The van der Waals surface area contributed by atoms with Crippen molar-refractivity contribution >= 4 is 16.8 Å². The van der Waals surface area contributed by atoms with Crippen LogP contribution in [0.5, 0.6) is 11.5 Å². The Morgan fingerprint density at radius 3 is 2.44 bits per heavy atom. The topological polar surface area (TPSA) is 83.5 Å². The maximum absolute atomic E-state index is 15.2. The Bertz CT molecular complexity index is 1190. The van der Waals surface area contributed by atoms with Gasteiger partial charge in [-0.15, -0.1) is 0 Å². The van der Waals surface area contributed by atoms with Gasteiger partial charge in [0.15, 0.2) is 5.43 Å². The van der Waals surface area contributed by atoms with E-state index in [1.165, 1.54) is 6.07 Å². The third-order valence-electron chi connectivity index (χ3n) is 5.96. The second-order valence-electron chi connectivity index (χ2n) is 8.43. The van der Waals surface area contributed by atoms with E-state index in [0.29, 0.717) is 41.2 Å². The van der Waals surface area contributed by atoms with E-state index in [-0.39, 0.29) is 17.8 Å². The van der Waals surface area contributed by atoms with E-state index >= 15 is 4.39 Å². The minimum absolute atomic E-state index is 0.0116. The fourth-order valence-corrected chi connectivity index (χ4v) is 4.18. The number of amides is 1. The van der Waals surface area contributed by atoms with Gasteiger partial charge in [0.05, 0.1) is 24.6 Å². The quantitative estimate of drug-likeness (QED) is 0.375. The highest BCUT2D eigenvalue weighted by molar-refractivity contribution is 5.89. The number of halogens is 1. The number of carbonyl (C=O) groups is 1. The SMILES string of the molecule is CCCCC(CCC(N)=O)n1cc(-c2ccc(OC)cc2)c(=O)c2c(F)ccc(OCCC)c21. The molecule has 0 spiro atoms. The van der Waals surface area contributed by atoms with Crippen LogP contribution in [0.25, 0.3) is 22.0 Å². The minimum Gasteiger partial charge on any atom is -0.497 e. The Hall–Kier alpha value is -3.35. The normalized spacial score (nSPS) is 12.0. The number of methoxy groups -OCH3 is 1.